The number of ether oxygens (including phenoxy) is 2. The molecule has 0 aliphatic heterocycles. The number of hydrogen-bond donors (Lipinski definition) is 6. The summed E-state index contributed by atoms with van der Waals surface area (Å²) in [6, 6.07) is 0. The second-order valence-electron chi connectivity index (χ2n) is 16.9. The van der Waals surface area contributed by atoms with Crippen molar-refractivity contribution in [3.05, 3.63) is 146 Å². The molecule has 1 rings (SSSR count). The zero-order valence-electron chi connectivity index (χ0n) is 42.2. The highest BCUT2D eigenvalue weighted by Gasteiger charge is 2.51. The van der Waals surface area contributed by atoms with E-state index in [0.717, 1.165) is 109 Å². The first-order valence-corrected chi connectivity index (χ1v) is 27.2. The summed E-state index contributed by atoms with van der Waals surface area (Å²) in [4.78, 5) is 23.2. The maximum atomic E-state index is 12.9. The van der Waals surface area contributed by atoms with Crippen LogP contribution in [-0.2, 0) is 27.9 Å². The molecule has 1 fully saturated rings. The molecule has 70 heavy (non-hydrogen) atoms. The van der Waals surface area contributed by atoms with Crippen molar-refractivity contribution in [3.8, 4) is 0 Å². The van der Waals surface area contributed by atoms with E-state index in [1.54, 1.807) is 0 Å². The van der Waals surface area contributed by atoms with Crippen LogP contribution >= 0.6 is 7.82 Å². The van der Waals surface area contributed by atoms with Crippen molar-refractivity contribution in [2.75, 3.05) is 19.8 Å². The second kappa shape index (κ2) is 45.1. The highest BCUT2D eigenvalue weighted by atomic mass is 31.2. The summed E-state index contributed by atoms with van der Waals surface area (Å²) in [6.07, 6.45) is 56.3. The predicted molar refractivity (Wildman–Crippen MR) is 285 cm³/mol. The molecular weight excluding hydrogens is 908 g/mol. The lowest BCUT2D eigenvalue weighted by Crippen LogP contribution is -2.64. The molecule has 12 nitrogen and oxygen atoms in total. The zero-order chi connectivity index (χ0) is 51.2. The van der Waals surface area contributed by atoms with E-state index in [0.29, 0.717) is 19.4 Å². The fraction of sp³-hybridized carbons (Fsp3) is 0.561. The molecule has 0 aromatic carbocycles. The molecule has 1 aliphatic rings. The van der Waals surface area contributed by atoms with E-state index in [1.807, 2.05) is 0 Å². The molecule has 0 saturated heterocycles. The standard InChI is InChI=1S/C57H89O12P/c1-3-5-7-9-11-13-15-17-19-21-23-25-26-27-28-30-32-34-36-38-40-42-44-46-51(58)68-50(49-67-70(64,65)69-57-55(62)53(60)52(59)54(61)56(57)63)48-66-47-45-43-41-39-37-35-33-31-29-24-22-20-18-16-14-12-10-8-6-4-2/h5-8,11-14,17-20,23-25,27-29,32-35,39,41,50,52-57,59-63H,3-4,9-10,15-16,21-22,26,30-31,36-38,40,42-49H2,1-2H3,(H,64,65)/b7-5-,8-6-,13-11-,14-12-,19-17-,20-18-,25-23-,28-27-,29-24-,34-32-,35-33-,41-39-. The van der Waals surface area contributed by atoms with Crippen molar-refractivity contribution in [1.82, 2.24) is 0 Å². The van der Waals surface area contributed by atoms with Gasteiger partial charge in [0.1, 0.15) is 42.7 Å². The van der Waals surface area contributed by atoms with Crippen LogP contribution in [0, 0.1) is 0 Å². The van der Waals surface area contributed by atoms with Gasteiger partial charge in [-0.05, 0) is 109 Å². The molecule has 0 bridgehead atoms. The summed E-state index contributed by atoms with van der Waals surface area (Å²) in [7, 11) is -5.06. The van der Waals surface area contributed by atoms with Crippen molar-refractivity contribution in [1.29, 1.82) is 0 Å². The van der Waals surface area contributed by atoms with Crippen LogP contribution in [0.4, 0.5) is 0 Å². The van der Waals surface area contributed by atoms with Gasteiger partial charge in [0.15, 0.2) is 0 Å². The highest BCUT2D eigenvalue weighted by Crippen LogP contribution is 2.47. The molecule has 0 spiro atoms. The molecule has 0 amide bonds. The van der Waals surface area contributed by atoms with Gasteiger partial charge in [-0.2, -0.15) is 0 Å². The van der Waals surface area contributed by atoms with Gasteiger partial charge in [0.05, 0.1) is 13.2 Å². The van der Waals surface area contributed by atoms with Crippen molar-refractivity contribution in [2.45, 2.75) is 185 Å². The maximum Gasteiger partial charge on any atom is 0.472 e. The van der Waals surface area contributed by atoms with E-state index in [9.17, 15) is 39.8 Å². The predicted octanol–water partition coefficient (Wildman–Crippen LogP) is 11.8. The minimum Gasteiger partial charge on any atom is -0.457 e. The number of allylic oxidation sites excluding steroid dienone is 24. The molecular formula is C57H89O12P. The van der Waals surface area contributed by atoms with Gasteiger partial charge >= 0.3 is 13.8 Å². The summed E-state index contributed by atoms with van der Waals surface area (Å²) in [5, 5.41) is 50.3. The van der Waals surface area contributed by atoms with E-state index in [2.05, 4.69) is 160 Å². The van der Waals surface area contributed by atoms with Crippen LogP contribution in [0.15, 0.2) is 146 Å². The summed E-state index contributed by atoms with van der Waals surface area (Å²) >= 11 is 0. The van der Waals surface area contributed by atoms with Gasteiger partial charge < -0.3 is 39.9 Å². The van der Waals surface area contributed by atoms with Crippen molar-refractivity contribution >= 4 is 13.8 Å². The second-order valence-corrected chi connectivity index (χ2v) is 18.3. The normalized spacial score (nSPS) is 22.1. The topological polar surface area (TPSA) is 192 Å². The molecule has 0 aromatic rings. The molecule has 6 N–H and O–H groups in total. The highest BCUT2D eigenvalue weighted by molar-refractivity contribution is 7.47. The fourth-order valence-electron chi connectivity index (χ4n) is 6.73. The van der Waals surface area contributed by atoms with Crippen LogP contribution in [0.5, 0.6) is 0 Å². The van der Waals surface area contributed by atoms with Gasteiger partial charge in [-0.15, -0.1) is 0 Å². The average molecular weight is 997 g/mol. The smallest absolute Gasteiger partial charge is 0.457 e. The Hall–Kier alpha value is -3.78. The third kappa shape index (κ3) is 36.2. The monoisotopic (exact) mass is 997 g/mol. The summed E-state index contributed by atoms with van der Waals surface area (Å²) in [5.41, 5.74) is 0. The minimum absolute atomic E-state index is 0.130. The third-order valence-corrected chi connectivity index (χ3v) is 11.7. The first kappa shape index (κ1) is 64.2. The Kier molecular flexibility index (Phi) is 41.4. The largest absolute Gasteiger partial charge is 0.472 e. The van der Waals surface area contributed by atoms with Gasteiger partial charge in [-0.1, -0.05) is 173 Å². The quantitative estimate of drug-likeness (QED) is 0.0147. The molecule has 13 heteroatoms. The minimum atomic E-state index is -5.06. The molecule has 0 aromatic heterocycles. The fourth-order valence-corrected chi connectivity index (χ4v) is 7.70. The number of hydrogen-bond acceptors (Lipinski definition) is 11. The number of unbranched alkanes of at least 4 members (excludes halogenated alkanes) is 5. The van der Waals surface area contributed by atoms with Gasteiger partial charge in [0.25, 0.3) is 0 Å². The van der Waals surface area contributed by atoms with Crippen LogP contribution in [0.2, 0.25) is 0 Å². The lowest BCUT2D eigenvalue weighted by Gasteiger charge is -2.41. The summed E-state index contributed by atoms with van der Waals surface area (Å²) in [5.74, 6) is -0.529. The number of carbonyl (C=O) groups is 1. The van der Waals surface area contributed by atoms with Crippen LogP contribution < -0.4 is 0 Å². The molecule has 6 atom stereocenters. The number of rotatable bonds is 41. The van der Waals surface area contributed by atoms with Gasteiger partial charge in [-0.3, -0.25) is 13.8 Å². The molecule has 1 aliphatic carbocycles. The lowest BCUT2D eigenvalue weighted by atomic mass is 9.85. The number of carbonyl (C=O) groups excluding carboxylic acids is 1. The lowest BCUT2D eigenvalue weighted by molar-refractivity contribution is -0.220. The van der Waals surface area contributed by atoms with E-state index < -0.39 is 63.1 Å². The Labute approximate surface area is 421 Å². The van der Waals surface area contributed by atoms with Crippen molar-refractivity contribution < 1.29 is 58.3 Å². The zero-order valence-corrected chi connectivity index (χ0v) is 43.1. The molecule has 6 unspecified atom stereocenters. The molecule has 394 valence electrons. The van der Waals surface area contributed by atoms with Gasteiger partial charge in [0, 0.05) is 13.0 Å². The number of esters is 1. The van der Waals surface area contributed by atoms with Gasteiger partial charge in [-0.25, -0.2) is 4.57 Å². The Morgan fingerprint density at radius 3 is 1.20 bits per heavy atom. The number of phosphoric acid groups is 1. The summed E-state index contributed by atoms with van der Waals surface area (Å²) in [6.45, 7) is 3.84. The summed E-state index contributed by atoms with van der Waals surface area (Å²) < 4.78 is 34.2. The van der Waals surface area contributed by atoms with Crippen molar-refractivity contribution in [3.63, 3.8) is 0 Å². The molecule has 1 saturated carbocycles. The van der Waals surface area contributed by atoms with E-state index in [1.165, 1.54) is 0 Å². The van der Waals surface area contributed by atoms with Crippen LogP contribution in [-0.4, -0.2) is 98.9 Å². The first-order chi connectivity index (χ1) is 34.0. The number of phosphoric ester groups is 1. The number of aliphatic hydroxyl groups excluding tert-OH is 5. The maximum absolute atomic E-state index is 12.9. The van der Waals surface area contributed by atoms with E-state index in [4.69, 9.17) is 18.5 Å². The third-order valence-electron chi connectivity index (χ3n) is 10.7. The Balaban J connectivity index is 2.44. The van der Waals surface area contributed by atoms with Crippen LogP contribution in [0.1, 0.15) is 142 Å². The molecule has 0 heterocycles. The molecule has 0 radical (unpaired) electrons. The van der Waals surface area contributed by atoms with Crippen molar-refractivity contribution in [2.24, 2.45) is 0 Å². The Morgan fingerprint density at radius 2 is 0.800 bits per heavy atom. The van der Waals surface area contributed by atoms with Gasteiger partial charge in [0.2, 0.25) is 0 Å². The number of aliphatic hydroxyl groups is 5. The average Bonchev–Trinajstić information content (AvgIpc) is 3.35. The van der Waals surface area contributed by atoms with E-state index in [-0.39, 0.29) is 13.0 Å². The van der Waals surface area contributed by atoms with E-state index >= 15 is 0 Å². The van der Waals surface area contributed by atoms with Crippen LogP contribution in [0.3, 0.4) is 0 Å². The SMILES string of the molecule is CC/C=C\C/C=C\C/C=C\C/C=C\C/C=C\C/C=C\CCCCCCC(=O)OC(COCCC/C=C\C/C=C\C/C=C\C/C=C\C/C=C\C/C=C\CC)COP(=O)(O)OC1C(O)C(O)C(O)C(O)C1O. The Bertz CT molecular complexity index is 1700. The van der Waals surface area contributed by atoms with Crippen LogP contribution in [0.25, 0.3) is 0 Å². The Morgan fingerprint density at radius 1 is 0.457 bits per heavy atom. The first-order valence-electron chi connectivity index (χ1n) is 25.7.